The van der Waals surface area contributed by atoms with Crippen LogP contribution in [-0.4, -0.2) is 40.6 Å². The number of halogens is 1. The predicted octanol–water partition coefficient (Wildman–Crippen LogP) is 3.01. The third kappa shape index (κ3) is 3.76. The highest BCUT2D eigenvalue weighted by Crippen LogP contribution is 2.35. The van der Waals surface area contributed by atoms with E-state index in [1.807, 2.05) is 23.7 Å². The molecule has 0 amide bonds. The molecule has 2 heterocycles. The van der Waals surface area contributed by atoms with Crippen LogP contribution in [0.2, 0.25) is 5.02 Å². The van der Waals surface area contributed by atoms with Crippen molar-refractivity contribution in [3.8, 4) is 11.5 Å². The Morgan fingerprint density at radius 3 is 2.72 bits per heavy atom. The summed E-state index contributed by atoms with van der Waals surface area (Å²) in [7, 11) is 3.25. The van der Waals surface area contributed by atoms with E-state index in [2.05, 4.69) is 10.00 Å². The predicted molar refractivity (Wildman–Crippen MR) is 96.1 cm³/mol. The number of aliphatic hydroxyl groups is 1. The summed E-state index contributed by atoms with van der Waals surface area (Å²) in [5.41, 5.74) is 2.86. The summed E-state index contributed by atoms with van der Waals surface area (Å²) in [4.78, 5) is 2.31. The molecule has 6 nitrogen and oxygen atoms in total. The Morgan fingerprint density at radius 2 is 2.04 bits per heavy atom. The van der Waals surface area contributed by atoms with E-state index in [4.69, 9.17) is 21.1 Å². The lowest BCUT2D eigenvalue weighted by Crippen LogP contribution is -2.33. The molecule has 0 saturated carbocycles. The van der Waals surface area contributed by atoms with Crippen LogP contribution in [0.5, 0.6) is 11.5 Å². The van der Waals surface area contributed by atoms with Crippen molar-refractivity contribution in [2.24, 2.45) is 0 Å². The Hall–Kier alpha value is -1.76. The van der Waals surface area contributed by atoms with Crippen molar-refractivity contribution in [1.29, 1.82) is 0 Å². The van der Waals surface area contributed by atoms with Gasteiger partial charge in [0.15, 0.2) is 11.5 Å². The van der Waals surface area contributed by atoms with Crippen LogP contribution in [0.15, 0.2) is 18.2 Å². The van der Waals surface area contributed by atoms with Gasteiger partial charge in [0.05, 0.1) is 38.3 Å². The minimum absolute atomic E-state index is 0.496. The van der Waals surface area contributed by atoms with Crippen molar-refractivity contribution in [2.45, 2.75) is 39.1 Å². The molecule has 1 N–H and O–H groups in total. The third-order valence-corrected chi connectivity index (χ3v) is 4.76. The van der Waals surface area contributed by atoms with Gasteiger partial charge in [0.2, 0.25) is 0 Å². The highest BCUT2D eigenvalue weighted by Gasteiger charge is 2.22. The first kappa shape index (κ1) is 18.0. The molecule has 0 spiro atoms. The fourth-order valence-electron chi connectivity index (χ4n) is 3.21. The zero-order valence-corrected chi connectivity index (χ0v) is 15.6. The molecule has 0 fully saturated rings. The van der Waals surface area contributed by atoms with E-state index in [0.717, 1.165) is 36.6 Å². The van der Waals surface area contributed by atoms with Gasteiger partial charge in [-0.05, 0) is 18.6 Å². The monoisotopic (exact) mass is 365 g/mol. The lowest BCUT2D eigenvalue weighted by Gasteiger charge is -2.28. The zero-order chi connectivity index (χ0) is 18.0. The van der Waals surface area contributed by atoms with Gasteiger partial charge in [0, 0.05) is 36.3 Å². The summed E-state index contributed by atoms with van der Waals surface area (Å²) in [5.74, 6) is 1.36. The molecular weight excluding hydrogens is 342 g/mol. The lowest BCUT2D eigenvalue weighted by molar-refractivity contribution is 0.166. The van der Waals surface area contributed by atoms with Gasteiger partial charge in [-0.3, -0.25) is 9.58 Å². The number of nitrogens with zero attached hydrogens (tertiary/aromatic N) is 3. The Bertz CT molecular complexity index is 747. The molecule has 0 saturated heterocycles. The number of aromatic nitrogens is 2. The summed E-state index contributed by atoms with van der Waals surface area (Å²) in [6.07, 6.45) is 0.170. The fraction of sp³-hybridized carbons (Fsp3) is 0.500. The first-order chi connectivity index (χ1) is 12.0. The molecule has 0 aliphatic carbocycles. The largest absolute Gasteiger partial charge is 0.493 e. The number of hydrogen-bond acceptors (Lipinski definition) is 5. The van der Waals surface area contributed by atoms with Gasteiger partial charge in [-0.1, -0.05) is 18.5 Å². The maximum Gasteiger partial charge on any atom is 0.165 e. The minimum atomic E-state index is -0.496. The van der Waals surface area contributed by atoms with Gasteiger partial charge in [-0.15, -0.1) is 0 Å². The molecule has 25 heavy (non-hydrogen) atoms. The standard InChI is InChI=1S/C18H24ClN3O3/c1-4-16(23)15-9-14-11-21(5-6-22(14)20-15)10-12-7-13(19)8-17(24-2)18(12)25-3/h7-9,16,23H,4-6,10-11H2,1-3H3/t16-/m0/s1. The summed E-state index contributed by atoms with van der Waals surface area (Å²) in [6.45, 7) is 5.09. The van der Waals surface area contributed by atoms with Crippen LogP contribution in [0.4, 0.5) is 0 Å². The van der Waals surface area contributed by atoms with Crippen LogP contribution in [0.3, 0.4) is 0 Å². The Labute approximate surface area is 152 Å². The quantitative estimate of drug-likeness (QED) is 0.852. The summed E-state index contributed by atoms with van der Waals surface area (Å²) < 4.78 is 12.9. The van der Waals surface area contributed by atoms with Gasteiger partial charge >= 0.3 is 0 Å². The lowest BCUT2D eigenvalue weighted by atomic mass is 10.1. The molecule has 1 atom stereocenters. The molecule has 0 radical (unpaired) electrons. The van der Waals surface area contributed by atoms with Crippen LogP contribution in [0.25, 0.3) is 0 Å². The van der Waals surface area contributed by atoms with E-state index in [1.54, 1.807) is 20.3 Å². The topological polar surface area (TPSA) is 59.8 Å². The molecule has 1 aromatic carbocycles. The van der Waals surface area contributed by atoms with E-state index in [0.29, 0.717) is 29.5 Å². The molecule has 0 bridgehead atoms. The van der Waals surface area contributed by atoms with Crippen LogP contribution < -0.4 is 9.47 Å². The smallest absolute Gasteiger partial charge is 0.165 e. The highest BCUT2D eigenvalue weighted by atomic mass is 35.5. The van der Waals surface area contributed by atoms with Gasteiger partial charge in [0.25, 0.3) is 0 Å². The van der Waals surface area contributed by atoms with E-state index in [-0.39, 0.29) is 0 Å². The number of benzene rings is 1. The second-order valence-electron chi connectivity index (χ2n) is 6.22. The number of aliphatic hydroxyl groups excluding tert-OH is 1. The molecule has 1 aliphatic heterocycles. The molecule has 1 aliphatic rings. The van der Waals surface area contributed by atoms with Crippen LogP contribution >= 0.6 is 11.6 Å². The maximum absolute atomic E-state index is 10.0. The molecule has 136 valence electrons. The van der Waals surface area contributed by atoms with Crippen LogP contribution in [-0.2, 0) is 19.6 Å². The van der Waals surface area contributed by atoms with Crippen LogP contribution in [0.1, 0.15) is 36.4 Å². The van der Waals surface area contributed by atoms with E-state index >= 15 is 0 Å². The normalized spacial score (nSPS) is 15.7. The fourth-order valence-corrected chi connectivity index (χ4v) is 3.44. The number of fused-ring (bicyclic) bond motifs is 1. The van der Waals surface area contributed by atoms with Crippen molar-refractivity contribution in [3.63, 3.8) is 0 Å². The van der Waals surface area contributed by atoms with E-state index in [1.165, 1.54) is 0 Å². The first-order valence-electron chi connectivity index (χ1n) is 8.43. The second-order valence-corrected chi connectivity index (χ2v) is 6.66. The Morgan fingerprint density at radius 1 is 1.24 bits per heavy atom. The van der Waals surface area contributed by atoms with Crippen LogP contribution in [0, 0.1) is 0 Å². The van der Waals surface area contributed by atoms with Gasteiger partial charge in [-0.25, -0.2) is 0 Å². The average Bonchev–Trinajstić information content (AvgIpc) is 3.03. The Kier molecular flexibility index (Phi) is 5.51. The Balaban J connectivity index is 1.79. The zero-order valence-electron chi connectivity index (χ0n) is 14.8. The van der Waals surface area contributed by atoms with E-state index < -0.39 is 6.10 Å². The first-order valence-corrected chi connectivity index (χ1v) is 8.81. The molecule has 0 unspecified atom stereocenters. The third-order valence-electron chi connectivity index (χ3n) is 4.54. The number of rotatable bonds is 6. The van der Waals surface area contributed by atoms with Crippen molar-refractivity contribution >= 4 is 11.6 Å². The van der Waals surface area contributed by atoms with Gasteiger partial charge < -0.3 is 14.6 Å². The highest BCUT2D eigenvalue weighted by molar-refractivity contribution is 6.30. The van der Waals surface area contributed by atoms with Crippen molar-refractivity contribution < 1.29 is 14.6 Å². The summed E-state index contributed by atoms with van der Waals surface area (Å²) in [5, 5.41) is 15.1. The molecule has 2 aromatic rings. The molecule has 3 rings (SSSR count). The SMILES string of the molecule is CC[C@H](O)c1cc2n(n1)CCN(Cc1cc(Cl)cc(OC)c1OC)C2. The summed E-state index contributed by atoms with van der Waals surface area (Å²) in [6, 6.07) is 5.67. The van der Waals surface area contributed by atoms with E-state index in [9.17, 15) is 5.11 Å². The average molecular weight is 366 g/mol. The molecular formula is C18H24ClN3O3. The van der Waals surface area contributed by atoms with Gasteiger partial charge in [-0.2, -0.15) is 5.10 Å². The summed E-state index contributed by atoms with van der Waals surface area (Å²) >= 11 is 6.21. The molecule has 1 aromatic heterocycles. The van der Waals surface area contributed by atoms with Crippen molar-refractivity contribution in [1.82, 2.24) is 14.7 Å². The number of methoxy groups -OCH3 is 2. The minimum Gasteiger partial charge on any atom is -0.493 e. The van der Waals surface area contributed by atoms with Crippen molar-refractivity contribution in [2.75, 3.05) is 20.8 Å². The second kappa shape index (κ2) is 7.64. The van der Waals surface area contributed by atoms with Crippen molar-refractivity contribution in [3.05, 3.63) is 40.2 Å². The maximum atomic E-state index is 10.0. The van der Waals surface area contributed by atoms with Gasteiger partial charge in [0.1, 0.15) is 0 Å². The molecule has 7 heteroatoms. The number of hydrogen-bond donors (Lipinski definition) is 1. The number of ether oxygens (including phenoxy) is 2.